The summed E-state index contributed by atoms with van der Waals surface area (Å²) in [4.78, 5) is 24.1. The Balaban J connectivity index is 1.38. The number of carbonyl (C=O) groups is 2. The highest BCUT2D eigenvalue weighted by molar-refractivity contribution is 8.01. The lowest BCUT2D eigenvalue weighted by atomic mass is 10.2. The van der Waals surface area contributed by atoms with E-state index in [1.807, 2.05) is 30.3 Å². The number of rotatable bonds is 7. The third kappa shape index (κ3) is 5.55. The van der Waals surface area contributed by atoms with Gasteiger partial charge in [0, 0.05) is 6.54 Å². The molecule has 0 fully saturated rings. The normalized spacial score (nSPS) is 10.3. The largest absolute Gasteiger partial charge is 0.356 e. The van der Waals surface area contributed by atoms with Crippen LogP contribution in [0.25, 0.3) is 0 Å². The van der Waals surface area contributed by atoms with Crippen molar-refractivity contribution >= 4 is 51.4 Å². The number of benzene rings is 1. The fraction of sp³-hybridized carbons (Fsp3) is 0.125. The quantitative estimate of drug-likeness (QED) is 0.413. The molecule has 0 saturated heterocycles. The number of thioether (sulfide) groups is 1. The Hall–Kier alpha value is -2.43. The first-order valence-corrected chi connectivity index (χ1v) is 10.3. The highest BCUT2D eigenvalue weighted by Crippen LogP contribution is 2.25. The number of carbonyl (C=O) groups excluding carboxylic acids is 2. The molecular formula is C16H15N5O2S3. The molecule has 0 radical (unpaired) electrons. The van der Waals surface area contributed by atoms with Gasteiger partial charge in [-0.25, -0.2) is 0 Å². The van der Waals surface area contributed by atoms with Gasteiger partial charge in [-0.1, -0.05) is 59.5 Å². The highest BCUT2D eigenvalue weighted by Gasteiger charge is 2.10. The molecule has 0 saturated carbocycles. The number of anilines is 1. The van der Waals surface area contributed by atoms with Crippen molar-refractivity contribution in [1.82, 2.24) is 21.0 Å². The number of hydrazine groups is 1. The van der Waals surface area contributed by atoms with E-state index in [4.69, 9.17) is 0 Å². The molecule has 0 spiro atoms. The van der Waals surface area contributed by atoms with Crippen LogP contribution in [0.1, 0.15) is 15.2 Å². The van der Waals surface area contributed by atoms with E-state index >= 15 is 0 Å². The van der Waals surface area contributed by atoms with Crippen LogP contribution in [0.15, 0.2) is 52.2 Å². The van der Waals surface area contributed by atoms with E-state index in [1.54, 1.807) is 17.5 Å². The summed E-state index contributed by atoms with van der Waals surface area (Å²) >= 11 is 3.95. The van der Waals surface area contributed by atoms with Gasteiger partial charge in [-0.3, -0.25) is 20.4 Å². The second-order valence-electron chi connectivity index (χ2n) is 4.98. The number of amides is 2. The molecule has 0 unspecified atom stereocenters. The van der Waals surface area contributed by atoms with E-state index in [9.17, 15) is 9.59 Å². The first-order chi connectivity index (χ1) is 12.7. The van der Waals surface area contributed by atoms with E-state index in [0.717, 1.165) is 5.56 Å². The van der Waals surface area contributed by atoms with E-state index in [1.165, 1.54) is 34.4 Å². The van der Waals surface area contributed by atoms with Gasteiger partial charge in [0.2, 0.25) is 11.0 Å². The van der Waals surface area contributed by atoms with Gasteiger partial charge in [0.25, 0.3) is 5.91 Å². The number of aromatic nitrogens is 2. The number of hydrogen-bond donors (Lipinski definition) is 3. The molecule has 2 aromatic heterocycles. The van der Waals surface area contributed by atoms with Crippen molar-refractivity contribution in [2.45, 2.75) is 10.9 Å². The number of thiophene rings is 1. The minimum atomic E-state index is -0.332. The molecule has 3 rings (SSSR count). The topological polar surface area (TPSA) is 96.0 Å². The molecule has 3 N–H and O–H groups in total. The predicted molar refractivity (Wildman–Crippen MR) is 104 cm³/mol. The minimum absolute atomic E-state index is 0.137. The maximum Gasteiger partial charge on any atom is 0.279 e. The highest BCUT2D eigenvalue weighted by atomic mass is 32.2. The van der Waals surface area contributed by atoms with Crippen molar-refractivity contribution in [2.24, 2.45) is 0 Å². The summed E-state index contributed by atoms with van der Waals surface area (Å²) in [6.07, 6.45) is 0. The maximum atomic E-state index is 11.8. The zero-order valence-corrected chi connectivity index (χ0v) is 15.9. The molecule has 3 aromatic rings. The summed E-state index contributed by atoms with van der Waals surface area (Å²) in [6, 6.07) is 13.4. The number of nitrogens with zero attached hydrogens (tertiary/aromatic N) is 2. The molecule has 2 amide bonds. The van der Waals surface area contributed by atoms with Gasteiger partial charge in [-0.05, 0) is 17.0 Å². The molecule has 2 heterocycles. The Kier molecular flexibility index (Phi) is 6.58. The molecular weight excluding hydrogens is 390 g/mol. The zero-order valence-electron chi connectivity index (χ0n) is 13.5. The summed E-state index contributed by atoms with van der Waals surface area (Å²) in [6.45, 7) is 0.662. The van der Waals surface area contributed by atoms with E-state index in [2.05, 4.69) is 26.4 Å². The summed E-state index contributed by atoms with van der Waals surface area (Å²) < 4.78 is 0.681. The Labute approximate surface area is 162 Å². The van der Waals surface area contributed by atoms with Crippen LogP contribution >= 0.6 is 34.4 Å². The van der Waals surface area contributed by atoms with E-state index in [-0.39, 0.29) is 17.6 Å². The van der Waals surface area contributed by atoms with Crippen molar-refractivity contribution in [1.29, 1.82) is 0 Å². The van der Waals surface area contributed by atoms with Crippen LogP contribution in [0, 0.1) is 0 Å². The monoisotopic (exact) mass is 405 g/mol. The average Bonchev–Trinajstić information content (AvgIpc) is 3.35. The predicted octanol–water partition coefficient (Wildman–Crippen LogP) is 2.77. The van der Waals surface area contributed by atoms with Crippen LogP contribution in [-0.2, 0) is 11.3 Å². The molecule has 134 valence electrons. The first kappa shape index (κ1) is 18.4. The van der Waals surface area contributed by atoms with Gasteiger partial charge in [0.15, 0.2) is 4.34 Å². The lowest BCUT2D eigenvalue weighted by Crippen LogP contribution is -2.42. The lowest BCUT2D eigenvalue weighted by Gasteiger charge is -2.04. The molecule has 0 aliphatic rings. The van der Waals surface area contributed by atoms with Crippen LogP contribution in [0.3, 0.4) is 0 Å². The second kappa shape index (κ2) is 9.32. The van der Waals surface area contributed by atoms with Gasteiger partial charge in [0.05, 0.1) is 10.6 Å². The fourth-order valence-corrected chi connectivity index (χ4v) is 4.04. The lowest BCUT2D eigenvalue weighted by molar-refractivity contribution is -0.119. The smallest absolute Gasteiger partial charge is 0.279 e. The molecule has 7 nitrogen and oxygen atoms in total. The Bertz CT molecular complexity index is 852. The molecule has 26 heavy (non-hydrogen) atoms. The van der Waals surface area contributed by atoms with E-state index in [0.29, 0.717) is 20.9 Å². The van der Waals surface area contributed by atoms with Gasteiger partial charge >= 0.3 is 0 Å². The average molecular weight is 406 g/mol. The van der Waals surface area contributed by atoms with Gasteiger partial charge < -0.3 is 5.32 Å². The molecule has 0 aliphatic heterocycles. The fourth-order valence-electron chi connectivity index (χ4n) is 1.87. The molecule has 1 aromatic carbocycles. The molecule has 10 heteroatoms. The van der Waals surface area contributed by atoms with Crippen molar-refractivity contribution in [3.63, 3.8) is 0 Å². The number of nitrogens with one attached hydrogen (secondary N) is 3. The SMILES string of the molecule is O=C(CSc1nnc(NCc2ccccc2)s1)NNC(=O)c1cccs1. The van der Waals surface area contributed by atoms with Crippen LogP contribution in [0.2, 0.25) is 0 Å². The van der Waals surface area contributed by atoms with Gasteiger partial charge in [0.1, 0.15) is 0 Å². The van der Waals surface area contributed by atoms with Crippen molar-refractivity contribution in [2.75, 3.05) is 11.1 Å². The van der Waals surface area contributed by atoms with Gasteiger partial charge in [-0.15, -0.1) is 21.5 Å². The van der Waals surface area contributed by atoms with Gasteiger partial charge in [-0.2, -0.15) is 0 Å². The van der Waals surface area contributed by atoms with Crippen molar-refractivity contribution in [3.05, 3.63) is 58.3 Å². The van der Waals surface area contributed by atoms with E-state index < -0.39 is 0 Å². The molecule has 0 atom stereocenters. The maximum absolute atomic E-state index is 11.8. The van der Waals surface area contributed by atoms with Crippen LogP contribution < -0.4 is 16.2 Å². The van der Waals surface area contributed by atoms with Crippen LogP contribution in [0.5, 0.6) is 0 Å². The second-order valence-corrected chi connectivity index (χ2v) is 8.13. The Morgan fingerprint density at radius 1 is 1.04 bits per heavy atom. The van der Waals surface area contributed by atoms with Crippen LogP contribution in [-0.4, -0.2) is 27.8 Å². The van der Waals surface area contributed by atoms with Crippen molar-refractivity contribution in [3.8, 4) is 0 Å². The summed E-state index contributed by atoms with van der Waals surface area (Å²) in [5.41, 5.74) is 5.91. The summed E-state index contributed by atoms with van der Waals surface area (Å²) in [5.74, 6) is -0.506. The Morgan fingerprint density at radius 2 is 1.88 bits per heavy atom. The standard InChI is InChI=1S/C16H15N5O2S3/c22-13(18-19-14(23)12-7-4-8-24-12)10-25-16-21-20-15(26-16)17-9-11-5-2-1-3-6-11/h1-8H,9-10H2,(H,17,20)(H,18,22)(H,19,23). The summed E-state index contributed by atoms with van der Waals surface area (Å²) in [5, 5.41) is 13.8. The summed E-state index contributed by atoms with van der Waals surface area (Å²) in [7, 11) is 0. The van der Waals surface area contributed by atoms with Crippen molar-refractivity contribution < 1.29 is 9.59 Å². The third-order valence-corrected chi connectivity index (χ3v) is 5.96. The molecule has 0 bridgehead atoms. The molecule has 0 aliphatic carbocycles. The first-order valence-electron chi connectivity index (χ1n) is 7.57. The zero-order chi connectivity index (χ0) is 18.2. The Morgan fingerprint density at radius 3 is 2.65 bits per heavy atom. The van der Waals surface area contributed by atoms with Crippen LogP contribution in [0.4, 0.5) is 5.13 Å². The number of hydrogen-bond acceptors (Lipinski definition) is 8. The third-order valence-electron chi connectivity index (χ3n) is 3.08. The minimum Gasteiger partial charge on any atom is -0.356 e.